The number of amides is 1. The monoisotopic (exact) mass is 400 g/mol. The van der Waals surface area contributed by atoms with Gasteiger partial charge in [0.25, 0.3) is 15.9 Å². The molecule has 2 aromatic carbocycles. The number of hydrogen-bond acceptors (Lipinski definition) is 4. The lowest BCUT2D eigenvalue weighted by molar-refractivity contribution is -0.129. The molecule has 1 aliphatic heterocycles. The van der Waals surface area contributed by atoms with Crippen LogP contribution in [0.3, 0.4) is 0 Å². The zero-order valence-electron chi connectivity index (χ0n) is 13.3. The summed E-state index contributed by atoms with van der Waals surface area (Å²) in [4.78, 5) is 12.1. The third-order valence-electron chi connectivity index (χ3n) is 3.62. The van der Waals surface area contributed by atoms with E-state index in [4.69, 9.17) is 27.9 Å². The number of para-hydroxylation sites is 1. The van der Waals surface area contributed by atoms with Gasteiger partial charge in [-0.3, -0.25) is 9.52 Å². The molecule has 0 aromatic heterocycles. The highest BCUT2D eigenvalue weighted by molar-refractivity contribution is 7.92. The fourth-order valence-electron chi connectivity index (χ4n) is 2.26. The Kier molecular flexibility index (Phi) is 4.35. The number of halogens is 2. The Hall–Kier alpha value is -1.96. The molecule has 0 atom stereocenters. The van der Waals surface area contributed by atoms with Gasteiger partial charge in [-0.1, -0.05) is 29.3 Å². The van der Waals surface area contributed by atoms with E-state index in [1.54, 1.807) is 26.0 Å². The third-order valence-corrected chi connectivity index (χ3v) is 5.72. The molecule has 2 aromatic rings. The maximum absolute atomic E-state index is 12.6. The molecule has 9 heteroatoms. The van der Waals surface area contributed by atoms with Crippen molar-refractivity contribution >= 4 is 50.5 Å². The number of rotatable bonds is 3. The van der Waals surface area contributed by atoms with Crippen LogP contribution in [-0.4, -0.2) is 19.9 Å². The summed E-state index contributed by atoms with van der Waals surface area (Å²) >= 11 is 11.7. The van der Waals surface area contributed by atoms with Crippen molar-refractivity contribution in [2.24, 2.45) is 0 Å². The predicted molar refractivity (Wildman–Crippen MR) is 97.0 cm³/mol. The number of nitrogens with one attached hydrogen (secondary N) is 2. The highest BCUT2D eigenvalue weighted by Gasteiger charge is 2.36. The fourth-order valence-corrected chi connectivity index (χ4v) is 3.72. The van der Waals surface area contributed by atoms with E-state index in [1.807, 2.05) is 0 Å². The highest BCUT2D eigenvalue weighted by atomic mass is 35.5. The Morgan fingerprint density at radius 3 is 2.52 bits per heavy atom. The number of hydrogen-bond donors (Lipinski definition) is 2. The van der Waals surface area contributed by atoms with Crippen molar-refractivity contribution in [3.63, 3.8) is 0 Å². The second kappa shape index (κ2) is 6.09. The van der Waals surface area contributed by atoms with E-state index in [0.29, 0.717) is 5.75 Å². The topological polar surface area (TPSA) is 84.5 Å². The van der Waals surface area contributed by atoms with Crippen molar-refractivity contribution in [2.75, 3.05) is 10.0 Å². The van der Waals surface area contributed by atoms with Crippen LogP contribution in [0.1, 0.15) is 13.8 Å². The normalized spacial score (nSPS) is 15.8. The van der Waals surface area contributed by atoms with Gasteiger partial charge in [0.05, 0.1) is 20.6 Å². The molecule has 0 saturated carbocycles. The quantitative estimate of drug-likeness (QED) is 0.817. The molecule has 132 valence electrons. The average Bonchev–Trinajstić information content (AvgIpc) is 2.51. The smallest absolute Gasteiger partial charge is 0.268 e. The number of fused-ring (bicyclic) bond motifs is 1. The standard InChI is InChI=1S/C16H14Cl2N2O4S/c1-16(2)15(21)19-14-12(4-3-5-13(14)24-16)20-25(22,23)9-6-7-10(17)11(18)8-9/h3-8,20H,1-2H3,(H,19,21). The first-order chi connectivity index (χ1) is 11.6. The van der Waals surface area contributed by atoms with E-state index >= 15 is 0 Å². The van der Waals surface area contributed by atoms with Gasteiger partial charge in [0, 0.05) is 0 Å². The highest BCUT2D eigenvalue weighted by Crippen LogP contribution is 2.39. The van der Waals surface area contributed by atoms with Crippen LogP contribution in [0, 0.1) is 0 Å². The summed E-state index contributed by atoms with van der Waals surface area (Å²) in [6.07, 6.45) is 0. The van der Waals surface area contributed by atoms with Gasteiger partial charge in [0.2, 0.25) is 0 Å². The van der Waals surface area contributed by atoms with E-state index in [0.717, 1.165) is 0 Å². The minimum Gasteiger partial charge on any atom is -0.476 e. The van der Waals surface area contributed by atoms with Crippen LogP contribution in [0.15, 0.2) is 41.3 Å². The van der Waals surface area contributed by atoms with E-state index in [-0.39, 0.29) is 32.2 Å². The predicted octanol–water partition coefficient (Wildman–Crippen LogP) is 3.90. The molecule has 1 aliphatic rings. The molecule has 25 heavy (non-hydrogen) atoms. The minimum absolute atomic E-state index is 0.0529. The molecule has 1 heterocycles. The van der Waals surface area contributed by atoms with Crippen LogP contribution in [0.4, 0.5) is 11.4 Å². The Morgan fingerprint density at radius 1 is 1.12 bits per heavy atom. The SMILES string of the molecule is CC1(C)Oc2cccc(NS(=O)(=O)c3ccc(Cl)c(Cl)c3)c2NC1=O. The molecule has 1 amide bonds. The number of anilines is 2. The summed E-state index contributed by atoms with van der Waals surface area (Å²) < 4.78 is 33.3. The second-order valence-electron chi connectivity index (χ2n) is 5.93. The van der Waals surface area contributed by atoms with Crippen molar-refractivity contribution in [1.29, 1.82) is 0 Å². The van der Waals surface area contributed by atoms with E-state index < -0.39 is 15.6 Å². The summed E-state index contributed by atoms with van der Waals surface area (Å²) in [6.45, 7) is 3.25. The summed E-state index contributed by atoms with van der Waals surface area (Å²) in [5, 5.41) is 3.05. The maximum atomic E-state index is 12.6. The first kappa shape index (κ1) is 17.8. The number of carbonyl (C=O) groups is 1. The minimum atomic E-state index is -3.93. The molecular weight excluding hydrogens is 387 g/mol. The summed E-state index contributed by atoms with van der Waals surface area (Å²) in [5.74, 6) is 0.000115. The van der Waals surface area contributed by atoms with Gasteiger partial charge in [-0.25, -0.2) is 8.42 Å². The molecule has 0 spiro atoms. The number of ether oxygens (including phenoxy) is 1. The molecule has 2 N–H and O–H groups in total. The average molecular weight is 401 g/mol. The molecule has 3 rings (SSSR count). The zero-order chi connectivity index (χ0) is 18.4. The van der Waals surface area contributed by atoms with Crippen LogP contribution >= 0.6 is 23.2 Å². The zero-order valence-corrected chi connectivity index (χ0v) is 15.6. The first-order valence-corrected chi connectivity index (χ1v) is 9.45. The van der Waals surface area contributed by atoms with Crippen molar-refractivity contribution in [3.05, 3.63) is 46.4 Å². The van der Waals surface area contributed by atoms with Crippen molar-refractivity contribution in [1.82, 2.24) is 0 Å². The van der Waals surface area contributed by atoms with Gasteiger partial charge in [-0.05, 0) is 44.2 Å². The number of sulfonamides is 1. The molecule has 0 saturated heterocycles. The molecule has 0 bridgehead atoms. The van der Waals surface area contributed by atoms with Crippen LogP contribution in [0.5, 0.6) is 5.75 Å². The Labute approximate surface area is 155 Å². The van der Waals surface area contributed by atoms with Gasteiger partial charge in [0.15, 0.2) is 5.60 Å². The molecule has 0 aliphatic carbocycles. The van der Waals surface area contributed by atoms with E-state index in [1.165, 1.54) is 24.3 Å². The molecular formula is C16H14Cl2N2O4S. The third kappa shape index (κ3) is 3.40. The number of benzene rings is 2. The van der Waals surface area contributed by atoms with Gasteiger partial charge in [0.1, 0.15) is 11.4 Å². The van der Waals surface area contributed by atoms with Gasteiger partial charge in [-0.2, -0.15) is 0 Å². The van der Waals surface area contributed by atoms with Crippen LogP contribution in [-0.2, 0) is 14.8 Å². The fraction of sp³-hybridized carbons (Fsp3) is 0.188. The van der Waals surface area contributed by atoms with E-state index in [2.05, 4.69) is 10.0 Å². The molecule has 0 fully saturated rings. The van der Waals surface area contributed by atoms with Crippen LogP contribution in [0.2, 0.25) is 10.0 Å². The summed E-state index contributed by atoms with van der Waals surface area (Å²) in [5.41, 5.74) is -0.600. The van der Waals surface area contributed by atoms with E-state index in [9.17, 15) is 13.2 Å². The molecule has 0 radical (unpaired) electrons. The van der Waals surface area contributed by atoms with Gasteiger partial charge >= 0.3 is 0 Å². The van der Waals surface area contributed by atoms with Gasteiger partial charge < -0.3 is 10.1 Å². The lowest BCUT2D eigenvalue weighted by atomic mass is 10.1. The number of carbonyl (C=O) groups excluding carboxylic acids is 1. The second-order valence-corrected chi connectivity index (χ2v) is 8.42. The Bertz CT molecular complexity index is 974. The maximum Gasteiger partial charge on any atom is 0.268 e. The van der Waals surface area contributed by atoms with Gasteiger partial charge in [-0.15, -0.1) is 0 Å². The molecule has 0 unspecified atom stereocenters. The van der Waals surface area contributed by atoms with Crippen molar-refractivity contribution in [2.45, 2.75) is 24.3 Å². The largest absolute Gasteiger partial charge is 0.476 e. The lowest BCUT2D eigenvalue weighted by Gasteiger charge is -2.32. The Balaban J connectivity index is 1.99. The first-order valence-electron chi connectivity index (χ1n) is 7.21. The van der Waals surface area contributed by atoms with Crippen LogP contribution in [0.25, 0.3) is 0 Å². The summed E-state index contributed by atoms with van der Waals surface area (Å²) in [7, 11) is -3.93. The van der Waals surface area contributed by atoms with Crippen molar-refractivity contribution in [3.8, 4) is 5.75 Å². The molecule has 6 nitrogen and oxygen atoms in total. The Morgan fingerprint density at radius 2 is 1.84 bits per heavy atom. The summed E-state index contributed by atoms with van der Waals surface area (Å²) in [6, 6.07) is 8.78. The van der Waals surface area contributed by atoms with Crippen LogP contribution < -0.4 is 14.8 Å². The lowest BCUT2D eigenvalue weighted by Crippen LogP contribution is -2.45. The van der Waals surface area contributed by atoms with Crippen molar-refractivity contribution < 1.29 is 17.9 Å².